The second-order valence-electron chi connectivity index (χ2n) is 6.14. The quantitative estimate of drug-likeness (QED) is 0.569. The topological polar surface area (TPSA) is 59.2 Å². The van der Waals surface area contributed by atoms with Crippen LogP contribution in [0.2, 0.25) is 0 Å². The van der Waals surface area contributed by atoms with E-state index in [1.807, 2.05) is 12.1 Å². The predicted octanol–water partition coefficient (Wildman–Crippen LogP) is 3.01. The first-order valence-corrected chi connectivity index (χ1v) is 8.20. The molecule has 2 aromatic carbocycles. The van der Waals surface area contributed by atoms with Gasteiger partial charge in [0.15, 0.2) is 11.5 Å². The molecule has 2 aromatic heterocycles. The minimum absolute atomic E-state index is 0.331. The molecule has 0 radical (unpaired) electrons. The number of nitrogens with zero attached hydrogens (tertiary/aromatic N) is 6. The van der Waals surface area contributed by atoms with Crippen molar-refractivity contribution in [2.24, 2.45) is 0 Å². The highest BCUT2D eigenvalue weighted by atomic mass is 15.6. The molecule has 24 heavy (non-hydrogen) atoms. The molecule has 5 rings (SSSR count). The third kappa shape index (κ3) is 2.03. The van der Waals surface area contributed by atoms with Gasteiger partial charge in [0.1, 0.15) is 0 Å². The minimum Gasteiger partial charge on any atom is -0.348 e. The molecule has 1 aliphatic heterocycles. The number of tetrazole rings is 1. The first-order valence-electron chi connectivity index (χ1n) is 8.20. The van der Waals surface area contributed by atoms with Crippen molar-refractivity contribution < 1.29 is 0 Å². The minimum atomic E-state index is 0.331. The third-order valence-corrected chi connectivity index (χ3v) is 4.78. The number of fused-ring (bicyclic) bond motifs is 2. The lowest BCUT2D eigenvalue weighted by Crippen LogP contribution is -2.24. The molecule has 6 nitrogen and oxygen atoms in total. The van der Waals surface area contributed by atoms with Gasteiger partial charge in [0, 0.05) is 6.54 Å². The number of benzene rings is 2. The lowest BCUT2D eigenvalue weighted by Gasteiger charge is -2.26. The van der Waals surface area contributed by atoms with Gasteiger partial charge in [0.25, 0.3) is 0 Å². The molecular formula is C18H16N6. The summed E-state index contributed by atoms with van der Waals surface area (Å²) in [5.41, 5.74) is 2.03. The lowest BCUT2D eigenvalue weighted by molar-refractivity contribution is 0.682. The summed E-state index contributed by atoms with van der Waals surface area (Å²) in [6, 6.07) is 19.4. The largest absolute Gasteiger partial charge is 0.348 e. The zero-order chi connectivity index (χ0) is 15.9. The fraction of sp³-hybridized carbons (Fsp3) is 0.222. The second kappa shape index (κ2) is 5.26. The summed E-state index contributed by atoms with van der Waals surface area (Å²) in [5.74, 6) is 0.922. The van der Waals surface area contributed by atoms with E-state index in [4.69, 9.17) is 0 Å². The Morgan fingerprint density at radius 3 is 2.88 bits per heavy atom. The van der Waals surface area contributed by atoms with E-state index in [0.29, 0.717) is 11.7 Å². The molecule has 0 spiro atoms. The SMILES string of the molecule is c1ccc2c(C3CCCN3c3ccc4nnnn4n3)cccc2c1. The van der Waals surface area contributed by atoms with Crippen LogP contribution in [0.1, 0.15) is 24.4 Å². The van der Waals surface area contributed by atoms with Crippen LogP contribution < -0.4 is 4.90 Å². The van der Waals surface area contributed by atoms with E-state index in [2.05, 4.69) is 68.0 Å². The summed E-state index contributed by atoms with van der Waals surface area (Å²) in [6.45, 7) is 0.995. The molecule has 1 unspecified atom stereocenters. The van der Waals surface area contributed by atoms with Gasteiger partial charge in [-0.05, 0) is 51.7 Å². The Morgan fingerprint density at radius 1 is 0.958 bits per heavy atom. The molecule has 1 aliphatic rings. The molecule has 1 fully saturated rings. The fourth-order valence-corrected chi connectivity index (χ4v) is 3.70. The van der Waals surface area contributed by atoms with Gasteiger partial charge in [-0.3, -0.25) is 0 Å². The molecule has 0 aliphatic carbocycles. The Bertz CT molecular complexity index is 1020. The summed E-state index contributed by atoms with van der Waals surface area (Å²) >= 11 is 0. The Kier molecular flexibility index (Phi) is 2.94. The van der Waals surface area contributed by atoms with Crippen LogP contribution in [0.5, 0.6) is 0 Å². The Morgan fingerprint density at radius 2 is 1.88 bits per heavy atom. The first-order chi connectivity index (χ1) is 11.9. The number of aromatic nitrogens is 5. The number of hydrogen-bond acceptors (Lipinski definition) is 5. The van der Waals surface area contributed by atoms with E-state index in [1.54, 1.807) is 0 Å². The number of rotatable bonds is 2. The average molecular weight is 316 g/mol. The maximum Gasteiger partial charge on any atom is 0.200 e. The van der Waals surface area contributed by atoms with Crippen molar-refractivity contribution in [2.75, 3.05) is 11.4 Å². The predicted molar refractivity (Wildman–Crippen MR) is 91.8 cm³/mol. The van der Waals surface area contributed by atoms with Gasteiger partial charge < -0.3 is 4.90 Å². The highest BCUT2D eigenvalue weighted by Gasteiger charge is 2.28. The monoisotopic (exact) mass is 316 g/mol. The van der Waals surface area contributed by atoms with Crippen LogP contribution in [0.25, 0.3) is 16.4 Å². The molecule has 0 saturated carbocycles. The van der Waals surface area contributed by atoms with Crippen LogP contribution in [0.4, 0.5) is 5.82 Å². The molecule has 1 atom stereocenters. The standard InChI is InChI=1S/C18H16N6/c1-2-7-14-13(5-1)6-3-8-15(14)16-9-4-12-23(16)18-11-10-17-19-21-22-24(17)20-18/h1-3,5-8,10-11,16H,4,9,12H2. The number of anilines is 1. The van der Waals surface area contributed by atoms with Gasteiger partial charge in [-0.15, -0.1) is 14.8 Å². The summed E-state index contributed by atoms with van der Waals surface area (Å²) in [7, 11) is 0. The maximum absolute atomic E-state index is 4.58. The van der Waals surface area contributed by atoms with Gasteiger partial charge in [-0.2, -0.15) is 0 Å². The van der Waals surface area contributed by atoms with Gasteiger partial charge in [-0.1, -0.05) is 42.5 Å². The Labute approximate surface area is 138 Å². The maximum atomic E-state index is 4.58. The highest BCUT2D eigenvalue weighted by molar-refractivity contribution is 5.86. The summed E-state index contributed by atoms with van der Waals surface area (Å²) in [6.07, 6.45) is 2.28. The molecule has 3 heterocycles. The van der Waals surface area contributed by atoms with E-state index in [0.717, 1.165) is 25.2 Å². The molecule has 1 saturated heterocycles. The van der Waals surface area contributed by atoms with Crippen molar-refractivity contribution in [1.29, 1.82) is 0 Å². The lowest BCUT2D eigenvalue weighted by atomic mass is 9.97. The zero-order valence-corrected chi connectivity index (χ0v) is 13.1. The molecular weight excluding hydrogens is 300 g/mol. The first kappa shape index (κ1) is 13.4. The van der Waals surface area contributed by atoms with Gasteiger partial charge in [0.2, 0.25) is 0 Å². The molecule has 0 N–H and O–H groups in total. The molecule has 4 aromatic rings. The van der Waals surface area contributed by atoms with Crippen LogP contribution in [-0.4, -0.2) is 31.8 Å². The second-order valence-corrected chi connectivity index (χ2v) is 6.14. The molecule has 6 heteroatoms. The Balaban J connectivity index is 1.61. The van der Waals surface area contributed by atoms with Crippen LogP contribution >= 0.6 is 0 Å². The smallest absolute Gasteiger partial charge is 0.200 e. The van der Waals surface area contributed by atoms with Crippen molar-refractivity contribution in [3.63, 3.8) is 0 Å². The van der Waals surface area contributed by atoms with Crippen molar-refractivity contribution in [3.8, 4) is 0 Å². The molecule has 118 valence electrons. The van der Waals surface area contributed by atoms with Crippen LogP contribution in [0.3, 0.4) is 0 Å². The molecule has 0 amide bonds. The molecule has 0 bridgehead atoms. The fourth-order valence-electron chi connectivity index (χ4n) is 3.70. The van der Waals surface area contributed by atoms with E-state index in [-0.39, 0.29) is 0 Å². The normalized spacial score (nSPS) is 17.8. The third-order valence-electron chi connectivity index (χ3n) is 4.78. The van der Waals surface area contributed by atoms with Crippen LogP contribution in [-0.2, 0) is 0 Å². The van der Waals surface area contributed by atoms with Gasteiger partial charge in [0.05, 0.1) is 6.04 Å². The van der Waals surface area contributed by atoms with Crippen LogP contribution in [0.15, 0.2) is 54.6 Å². The van der Waals surface area contributed by atoms with E-state index < -0.39 is 0 Å². The van der Waals surface area contributed by atoms with E-state index in [9.17, 15) is 0 Å². The van der Waals surface area contributed by atoms with Crippen molar-refractivity contribution in [3.05, 3.63) is 60.2 Å². The Hall–Kier alpha value is -3.02. The van der Waals surface area contributed by atoms with E-state index in [1.165, 1.54) is 21.0 Å². The van der Waals surface area contributed by atoms with Gasteiger partial charge in [-0.25, -0.2) is 0 Å². The van der Waals surface area contributed by atoms with Gasteiger partial charge >= 0.3 is 0 Å². The summed E-state index contributed by atoms with van der Waals surface area (Å²) < 4.78 is 1.49. The van der Waals surface area contributed by atoms with Crippen molar-refractivity contribution in [2.45, 2.75) is 18.9 Å². The average Bonchev–Trinajstić information content (AvgIpc) is 3.29. The van der Waals surface area contributed by atoms with Crippen molar-refractivity contribution in [1.82, 2.24) is 25.3 Å². The van der Waals surface area contributed by atoms with Crippen molar-refractivity contribution >= 4 is 22.2 Å². The van der Waals surface area contributed by atoms with Crippen LogP contribution in [0, 0.1) is 0 Å². The van der Waals surface area contributed by atoms with E-state index >= 15 is 0 Å². The summed E-state index contributed by atoms with van der Waals surface area (Å²) in [4.78, 5) is 2.36. The highest BCUT2D eigenvalue weighted by Crippen LogP contribution is 2.38. The number of hydrogen-bond donors (Lipinski definition) is 0. The summed E-state index contributed by atoms with van der Waals surface area (Å²) in [5, 5.41) is 18.7. The zero-order valence-electron chi connectivity index (χ0n) is 13.1.